The van der Waals surface area contributed by atoms with Crippen LogP contribution in [0.15, 0.2) is 60.7 Å². The van der Waals surface area contributed by atoms with E-state index in [-0.39, 0.29) is 28.3 Å². The molecule has 0 aliphatic heterocycles. The first-order valence-corrected chi connectivity index (χ1v) is 10.5. The smallest absolute Gasteiger partial charge is 0.417 e. The molecule has 0 heterocycles. The van der Waals surface area contributed by atoms with E-state index in [9.17, 15) is 32.9 Å². The van der Waals surface area contributed by atoms with Crippen molar-refractivity contribution in [3.63, 3.8) is 0 Å². The summed E-state index contributed by atoms with van der Waals surface area (Å²) in [7, 11) is 1.15. The molecule has 0 aliphatic rings. The third-order valence-electron chi connectivity index (χ3n) is 4.98. The molecule has 0 N–H and O–H groups in total. The summed E-state index contributed by atoms with van der Waals surface area (Å²) in [5, 5.41) is 10.1. The van der Waals surface area contributed by atoms with Crippen LogP contribution in [0.3, 0.4) is 0 Å². The van der Waals surface area contributed by atoms with E-state index in [1.165, 1.54) is 31.2 Å². The predicted molar refractivity (Wildman–Crippen MR) is 121 cm³/mol. The highest BCUT2D eigenvalue weighted by Crippen LogP contribution is 2.41. The number of carbonyl (C=O) groups is 2. The molecule has 36 heavy (non-hydrogen) atoms. The van der Waals surface area contributed by atoms with E-state index in [1.807, 2.05) is 0 Å². The molecule has 0 saturated heterocycles. The van der Waals surface area contributed by atoms with Crippen molar-refractivity contribution in [2.24, 2.45) is 0 Å². The fourth-order valence-corrected chi connectivity index (χ4v) is 3.55. The van der Waals surface area contributed by atoms with Crippen LogP contribution >= 0.6 is 11.6 Å². The molecule has 0 bridgehead atoms. The van der Waals surface area contributed by atoms with Gasteiger partial charge >= 0.3 is 18.1 Å². The molecule has 0 spiro atoms. The minimum Gasteiger partial charge on any atom is -0.465 e. The largest absolute Gasteiger partial charge is 0.465 e. The van der Waals surface area contributed by atoms with Crippen LogP contribution in [0.2, 0.25) is 5.02 Å². The van der Waals surface area contributed by atoms with Crippen LogP contribution in [0.25, 0.3) is 0 Å². The molecule has 1 atom stereocenters. The van der Waals surface area contributed by atoms with E-state index < -0.39 is 45.3 Å². The molecule has 0 fully saturated rings. The molecule has 1 unspecified atom stereocenters. The molecule has 0 radical (unpaired) electrons. The zero-order valence-corrected chi connectivity index (χ0v) is 19.4. The monoisotopic (exact) mass is 523 g/mol. The Bertz CT molecular complexity index is 1310. The summed E-state index contributed by atoms with van der Waals surface area (Å²) < 4.78 is 56.5. The third-order valence-corrected chi connectivity index (χ3v) is 5.35. The van der Waals surface area contributed by atoms with Crippen molar-refractivity contribution in [2.75, 3.05) is 7.11 Å². The normalized spacial score (nSPS) is 11.9. The zero-order valence-electron chi connectivity index (χ0n) is 18.7. The van der Waals surface area contributed by atoms with Gasteiger partial charge in [-0.3, -0.25) is 10.1 Å². The highest BCUT2D eigenvalue weighted by Gasteiger charge is 2.38. The Hall–Kier alpha value is -4.12. The topological polar surface area (TPSA) is 105 Å². The van der Waals surface area contributed by atoms with Crippen molar-refractivity contribution in [3.8, 4) is 11.5 Å². The summed E-state index contributed by atoms with van der Waals surface area (Å²) in [5.41, 5.74) is -2.31. The maximum absolute atomic E-state index is 13.7. The molecular weight excluding hydrogens is 507 g/mol. The van der Waals surface area contributed by atoms with Crippen molar-refractivity contribution < 1.29 is 41.9 Å². The molecule has 3 rings (SSSR count). The van der Waals surface area contributed by atoms with Gasteiger partial charge < -0.3 is 14.2 Å². The van der Waals surface area contributed by atoms with Gasteiger partial charge in [0.2, 0.25) is 0 Å². The summed E-state index contributed by atoms with van der Waals surface area (Å²) in [6.45, 7) is 1.37. The Morgan fingerprint density at radius 3 is 2.22 bits per heavy atom. The number of ether oxygens (including phenoxy) is 3. The Morgan fingerprint density at radius 1 is 1.00 bits per heavy atom. The Labute approximate surface area is 207 Å². The van der Waals surface area contributed by atoms with Crippen LogP contribution < -0.4 is 4.74 Å². The fourth-order valence-electron chi connectivity index (χ4n) is 3.26. The summed E-state index contributed by atoms with van der Waals surface area (Å²) in [6.07, 6.45) is -6.11. The number of carbonyl (C=O) groups excluding carboxylic acids is 2. The van der Waals surface area contributed by atoms with Gasteiger partial charge in [0.05, 0.1) is 33.7 Å². The maximum atomic E-state index is 13.7. The number of nitro benzene ring substituents is 1. The van der Waals surface area contributed by atoms with Gasteiger partial charge in [0.15, 0.2) is 0 Å². The van der Waals surface area contributed by atoms with Crippen molar-refractivity contribution in [1.82, 2.24) is 0 Å². The number of hydrogen-bond donors (Lipinski definition) is 0. The zero-order chi connectivity index (χ0) is 26.6. The molecule has 188 valence electrons. The van der Waals surface area contributed by atoms with Crippen LogP contribution in [-0.4, -0.2) is 24.0 Å². The van der Waals surface area contributed by atoms with Gasteiger partial charge in [-0.15, -0.1) is 0 Å². The van der Waals surface area contributed by atoms with Crippen LogP contribution in [0.1, 0.15) is 44.9 Å². The van der Waals surface area contributed by atoms with Crippen molar-refractivity contribution in [3.05, 3.63) is 98.1 Å². The number of rotatable bonds is 7. The lowest BCUT2D eigenvalue weighted by Crippen LogP contribution is -2.18. The van der Waals surface area contributed by atoms with Gasteiger partial charge in [-0.2, -0.15) is 13.2 Å². The lowest BCUT2D eigenvalue weighted by molar-refractivity contribution is -0.384. The van der Waals surface area contributed by atoms with Crippen LogP contribution in [0.5, 0.6) is 11.5 Å². The van der Waals surface area contributed by atoms with E-state index in [0.29, 0.717) is 6.07 Å². The van der Waals surface area contributed by atoms with Crippen LogP contribution in [0, 0.1) is 10.1 Å². The quantitative estimate of drug-likeness (QED) is 0.191. The number of non-ortho nitro benzene ring substituents is 1. The summed E-state index contributed by atoms with van der Waals surface area (Å²) in [4.78, 5) is 35.1. The van der Waals surface area contributed by atoms with Gasteiger partial charge in [0.25, 0.3) is 5.69 Å². The summed E-state index contributed by atoms with van der Waals surface area (Å²) in [6, 6.07) is 12.2. The van der Waals surface area contributed by atoms with Gasteiger partial charge in [0, 0.05) is 17.7 Å². The van der Waals surface area contributed by atoms with Crippen LogP contribution in [0.4, 0.5) is 18.9 Å². The maximum Gasteiger partial charge on any atom is 0.417 e. The van der Waals surface area contributed by atoms with E-state index in [4.69, 9.17) is 21.1 Å². The Morgan fingerprint density at radius 2 is 1.64 bits per heavy atom. The van der Waals surface area contributed by atoms with E-state index >= 15 is 0 Å². The van der Waals surface area contributed by atoms with Gasteiger partial charge in [-0.25, -0.2) is 9.59 Å². The molecule has 3 aromatic rings. The summed E-state index contributed by atoms with van der Waals surface area (Å²) in [5.74, 6) is -2.41. The molecule has 0 aliphatic carbocycles. The number of nitrogens with zero attached hydrogens (tertiary/aromatic N) is 1. The number of halogens is 4. The molecule has 12 heteroatoms. The molecule has 0 saturated carbocycles. The van der Waals surface area contributed by atoms with Crippen molar-refractivity contribution >= 4 is 29.2 Å². The number of hydrogen-bond acceptors (Lipinski definition) is 7. The van der Waals surface area contributed by atoms with E-state index in [2.05, 4.69) is 4.74 Å². The van der Waals surface area contributed by atoms with Gasteiger partial charge in [-0.1, -0.05) is 29.8 Å². The lowest BCUT2D eigenvalue weighted by atomic mass is 10.0. The number of nitro groups is 1. The Kier molecular flexibility index (Phi) is 7.83. The molecule has 8 nitrogen and oxygen atoms in total. The second-order valence-electron chi connectivity index (χ2n) is 7.28. The first kappa shape index (κ1) is 26.5. The third kappa shape index (κ3) is 5.74. The number of methoxy groups -OCH3 is 1. The predicted octanol–water partition coefficient (Wildman–Crippen LogP) is 6.76. The minimum atomic E-state index is -4.96. The van der Waals surface area contributed by atoms with Crippen molar-refractivity contribution in [1.29, 1.82) is 0 Å². The van der Waals surface area contributed by atoms with Gasteiger partial charge in [0.1, 0.15) is 17.6 Å². The Balaban J connectivity index is 1.98. The van der Waals surface area contributed by atoms with Crippen molar-refractivity contribution in [2.45, 2.75) is 19.2 Å². The molecule has 0 aromatic heterocycles. The first-order chi connectivity index (χ1) is 16.9. The molecular formula is C24H17ClF3NO7. The minimum absolute atomic E-state index is 0.0296. The SMILES string of the molecule is COC(=O)c1ccccc1C(C)OC(=O)c1c(C(F)(F)F)ccc(Oc2ccc([N+](=O)[O-])cc2)c1Cl. The summed E-state index contributed by atoms with van der Waals surface area (Å²) >= 11 is 6.17. The van der Waals surface area contributed by atoms with E-state index in [0.717, 1.165) is 25.3 Å². The average Bonchev–Trinajstić information content (AvgIpc) is 2.84. The highest BCUT2D eigenvalue weighted by molar-refractivity contribution is 6.35. The fraction of sp³-hybridized carbons (Fsp3) is 0.167. The number of alkyl halides is 3. The lowest BCUT2D eigenvalue weighted by Gasteiger charge is -2.20. The second kappa shape index (κ2) is 10.6. The molecule has 0 amide bonds. The number of esters is 2. The standard InChI is InChI=1S/C24H17ClF3NO7/c1-13(16-5-3-4-6-17(16)22(30)34-2)35-23(31)20-18(24(26,27)28)11-12-19(21(20)25)36-15-9-7-14(8-10-15)29(32)33/h3-13H,1-2H3. The van der Waals surface area contributed by atoms with Crippen LogP contribution in [-0.2, 0) is 15.7 Å². The highest BCUT2D eigenvalue weighted by atomic mass is 35.5. The van der Waals surface area contributed by atoms with E-state index in [1.54, 1.807) is 12.1 Å². The first-order valence-electron chi connectivity index (χ1n) is 10.1. The van der Waals surface area contributed by atoms with Gasteiger partial charge in [-0.05, 0) is 37.3 Å². The second-order valence-corrected chi connectivity index (χ2v) is 7.66. The number of benzene rings is 3. The molecule has 3 aromatic carbocycles. The average molecular weight is 524 g/mol.